The average Bonchev–Trinajstić information content (AvgIpc) is 2.71. The number of pyridine rings is 1. The Labute approximate surface area is 80.3 Å². The van der Waals surface area contributed by atoms with Gasteiger partial charge in [-0.1, -0.05) is 0 Å². The van der Waals surface area contributed by atoms with Crippen molar-refractivity contribution in [2.75, 3.05) is 0 Å². The Morgan fingerprint density at radius 1 is 1.31 bits per heavy atom. The summed E-state index contributed by atoms with van der Waals surface area (Å²) in [5, 5.41) is 1.96. The number of hydrogen-bond donors (Lipinski definition) is 1. The summed E-state index contributed by atoms with van der Waals surface area (Å²) in [4.78, 5) is 8.10. The zero-order valence-corrected chi connectivity index (χ0v) is 7.74. The lowest BCUT2D eigenvalue weighted by Crippen LogP contribution is -2.11. The Hall–Kier alpha value is -1.26. The Morgan fingerprint density at radius 3 is 2.69 bits per heavy atom. The van der Waals surface area contributed by atoms with Gasteiger partial charge in [-0.05, 0) is 17.7 Å². The molecule has 2 aromatic heterocycles. The fourth-order valence-electron chi connectivity index (χ4n) is 1.12. The number of rotatable bonds is 2. The fraction of sp³-hybridized carbons (Fsp3) is 0.111. The molecule has 0 bridgehead atoms. The van der Waals surface area contributed by atoms with E-state index in [-0.39, 0.29) is 6.04 Å². The van der Waals surface area contributed by atoms with Crippen molar-refractivity contribution < 1.29 is 0 Å². The third-order valence-electron chi connectivity index (χ3n) is 1.84. The van der Waals surface area contributed by atoms with Crippen molar-refractivity contribution in [3.63, 3.8) is 0 Å². The van der Waals surface area contributed by atoms with Crippen LogP contribution in [0.15, 0.2) is 35.4 Å². The zero-order valence-electron chi connectivity index (χ0n) is 6.92. The molecule has 0 radical (unpaired) electrons. The normalized spacial score (nSPS) is 12.7. The van der Waals surface area contributed by atoms with Gasteiger partial charge in [0, 0.05) is 17.8 Å². The minimum atomic E-state index is -0.130. The van der Waals surface area contributed by atoms with Gasteiger partial charge in [0.25, 0.3) is 0 Å². The molecule has 0 aliphatic heterocycles. The Balaban J connectivity index is 2.29. The van der Waals surface area contributed by atoms with Crippen LogP contribution in [-0.4, -0.2) is 9.97 Å². The van der Waals surface area contributed by atoms with Crippen LogP contribution in [0.1, 0.15) is 17.3 Å². The molecule has 13 heavy (non-hydrogen) atoms. The van der Waals surface area contributed by atoms with Crippen LogP contribution in [0.5, 0.6) is 0 Å². The molecule has 0 saturated heterocycles. The highest BCUT2D eigenvalue weighted by atomic mass is 32.1. The molecule has 2 heterocycles. The van der Waals surface area contributed by atoms with E-state index < -0.39 is 0 Å². The van der Waals surface area contributed by atoms with E-state index in [1.165, 1.54) is 0 Å². The van der Waals surface area contributed by atoms with Crippen molar-refractivity contribution in [2.24, 2.45) is 5.73 Å². The summed E-state index contributed by atoms with van der Waals surface area (Å²) in [7, 11) is 0. The van der Waals surface area contributed by atoms with Crippen molar-refractivity contribution in [1.82, 2.24) is 9.97 Å². The molecule has 2 aromatic rings. The molecule has 3 nitrogen and oxygen atoms in total. The Kier molecular flexibility index (Phi) is 2.33. The van der Waals surface area contributed by atoms with Crippen LogP contribution in [0.25, 0.3) is 0 Å². The van der Waals surface area contributed by atoms with Crippen LogP contribution in [0.3, 0.4) is 0 Å². The highest BCUT2D eigenvalue weighted by Crippen LogP contribution is 2.17. The summed E-state index contributed by atoms with van der Waals surface area (Å²) >= 11 is 1.56. The van der Waals surface area contributed by atoms with Gasteiger partial charge in [0.2, 0.25) is 0 Å². The first-order valence-electron chi connectivity index (χ1n) is 3.91. The largest absolute Gasteiger partial charge is 0.319 e. The maximum absolute atomic E-state index is 5.98. The van der Waals surface area contributed by atoms with Crippen molar-refractivity contribution in [1.29, 1.82) is 0 Å². The minimum Gasteiger partial charge on any atom is -0.319 e. The molecule has 0 aliphatic rings. The van der Waals surface area contributed by atoms with Gasteiger partial charge in [0.15, 0.2) is 0 Å². The summed E-state index contributed by atoms with van der Waals surface area (Å²) < 4.78 is 0. The van der Waals surface area contributed by atoms with E-state index >= 15 is 0 Å². The van der Waals surface area contributed by atoms with Crippen LogP contribution in [-0.2, 0) is 0 Å². The van der Waals surface area contributed by atoms with Gasteiger partial charge >= 0.3 is 0 Å². The van der Waals surface area contributed by atoms with E-state index in [0.29, 0.717) is 0 Å². The molecule has 1 atom stereocenters. The fourth-order valence-corrected chi connectivity index (χ4v) is 1.71. The van der Waals surface area contributed by atoms with Crippen molar-refractivity contribution >= 4 is 11.3 Å². The summed E-state index contributed by atoms with van der Waals surface area (Å²) in [6.45, 7) is 0. The predicted molar refractivity (Wildman–Crippen MR) is 52.4 cm³/mol. The summed E-state index contributed by atoms with van der Waals surface area (Å²) in [5.74, 6) is 0. The van der Waals surface area contributed by atoms with Crippen LogP contribution >= 0.6 is 11.3 Å². The standard InChI is InChI=1S/C9H9N3S/c10-9(8-5-13-6-12-8)7-1-3-11-4-2-7/h1-6,9H,10H2. The minimum absolute atomic E-state index is 0.130. The molecule has 1 unspecified atom stereocenters. The van der Waals surface area contributed by atoms with Gasteiger partial charge in [-0.15, -0.1) is 11.3 Å². The lowest BCUT2D eigenvalue weighted by atomic mass is 10.1. The summed E-state index contributed by atoms with van der Waals surface area (Å²) in [6, 6.07) is 3.68. The molecule has 0 aromatic carbocycles. The number of nitrogens with zero attached hydrogens (tertiary/aromatic N) is 2. The van der Waals surface area contributed by atoms with Crippen LogP contribution < -0.4 is 5.73 Å². The molecule has 2 N–H and O–H groups in total. The first-order chi connectivity index (χ1) is 6.38. The summed E-state index contributed by atoms with van der Waals surface area (Å²) in [6.07, 6.45) is 3.48. The second-order valence-corrected chi connectivity index (χ2v) is 3.39. The molecule has 0 aliphatic carbocycles. The average molecular weight is 191 g/mol. The van der Waals surface area contributed by atoms with Crippen LogP contribution in [0, 0.1) is 0 Å². The summed E-state index contributed by atoms with van der Waals surface area (Å²) in [5.41, 5.74) is 9.72. The van der Waals surface area contributed by atoms with Gasteiger partial charge < -0.3 is 5.73 Å². The maximum Gasteiger partial charge on any atom is 0.0795 e. The van der Waals surface area contributed by atoms with E-state index in [0.717, 1.165) is 11.3 Å². The van der Waals surface area contributed by atoms with E-state index in [2.05, 4.69) is 9.97 Å². The SMILES string of the molecule is NC(c1ccncc1)c1cscn1. The van der Waals surface area contributed by atoms with Gasteiger partial charge in [-0.25, -0.2) is 4.98 Å². The number of nitrogens with two attached hydrogens (primary N) is 1. The van der Waals surface area contributed by atoms with Gasteiger partial charge in [0.1, 0.15) is 0 Å². The highest BCUT2D eigenvalue weighted by molar-refractivity contribution is 7.07. The lowest BCUT2D eigenvalue weighted by molar-refractivity contribution is 0.836. The van der Waals surface area contributed by atoms with E-state index in [1.807, 2.05) is 17.5 Å². The second-order valence-electron chi connectivity index (χ2n) is 2.67. The molecule has 0 spiro atoms. The van der Waals surface area contributed by atoms with E-state index in [1.54, 1.807) is 29.2 Å². The molecule has 0 amide bonds. The van der Waals surface area contributed by atoms with Gasteiger partial charge in [0.05, 0.1) is 17.2 Å². The predicted octanol–water partition coefficient (Wildman–Crippen LogP) is 1.59. The van der Waals surface area contributed by atoms with E-state index in [4.69, 9.17) is 5.73 Å². The maximum atomic E-state index is 5.98. The molecular formula is C9H9N3S. The number of thiazole rings is 1. The molecule has 4 heteroatoms. The van der Waals surface area contributed by atoms with Crippen molar-refractivity contribution in [3.8, 4) is 0 Å². The Morgan fingerprint density at radius 2 is 2.08 bits per heavy atom. The van der Waals surface area contributed by atoms with Crippen molar-refractivity contribution in [3.05, 3.63) is 46.7 Å². The topological polar surface area (TPSA) is 51.8 Å². The first-order valence-corrected chi connectivity index (χ1v) is 4.86. The second kappa shape index (κ2) is 3.64. The highest BCUT2D eigenvalue weighted by Gasteiger charge is 2.09. The quantitative estimate of drug-likeness (QED) is 0.784. The van der Waals surface area contributed by atoms with Gasteiger partial charge in [-0.3, -0.25) is 4.98 Å². The number of hydrogen-bond acceptors (Lipinski definition) is 4. The molecule has 0 fully saturated rings. The zero-order chi connectivity index (χ0) is 9.10. The van der Waals surface area contributed by atoms with Crippen LogP contribution in [0.2, 0.25) is 0 Å². The Bertz CT molecular complexity index is 358. The number of aromatic nitrogens is 2. The van der Waals surface area contributed by atoms with E-state index in [9.17, 15) is 0 Å². The molecular weight excluding hydrogens is 182 g/mol. The lowest BCUT2D eigenvalue weighted by Gasteiger charge is -2.07. The van der Waals surface area contributed by atoms with Crippen LogP contribution in [0.4, 0.5) is 0 Å². The molecule has 66 valence electrons. The first kappa shape index (κ1) is 8.34. The van der Waals surface area contributed by atoms with Gasteiger partial charge in [-0.2, -0.15) is 0 Å². The van der Waals surface area contributed by atoms with Crippen molar-refractivity contribution in [2.45, 2.75) is 6.04 Å². The molecule has 2 rings (SSSR count). The third kappa shape index (κ3) is 1.74. The smallest absolute Gasteiger partial charge is 0.0795 e. The third-order valence-corrected chi connectivity index (χ3v) is 2.44. The molecule has 0 saturated carbocycles. The monoisotopic (exact) mass is 191 g/mol.